The van der Waals surface area contributed by atoms with Gasteiger partial charge < -0.3 is 10.1 Å². The van der Waals surface area contributed by atoms with Crippen molar-refractivity contribution in [3.63, 3.8) is 0 Å². The Kier molecular flexibility index (Phi) is 7.26. The third kappa shape index (κ3) is 5.36. The van der Waals surface area contributed by atoms with Crippen LogP contribution in [-0.4, -0.2) is 43.7 Å². The molecule has 1 fully saturated rings. The molecule has 0 spiro atoms. The maximum Gasteiger partial charge on any atom is 0.138 e. The number of ether oxygens (including phenoxy) is 1. The average Bonchev–Trinajstić information content (AvgIpc) is 2.32. The summed E-state index contributed by atoms with van der Waals surface area (Å²) in [5.74, 6) is 0.698. The molecule has 1 saturated heterocycles. The molecule has 0 aromatic heterocycles. The molecule has 1 aliphatic heterocycles. The molecule has 6 heteroatoms. The van der Waals surface area contributed by atoms with Gasteiger partial charge in [-0.1, -0.05) is 23.2 Å². The van der Waals surface area contributed by atoms with Crippen LogP contribution >= 0.6 is 35.6 Å². The van der Waals surface area contributed by atoms with Crippen LogP contribution in [0.1, 0.15) is 6.92 Å². The maximum absolute atomic E-state index is 6.04. The van der Waals surface area contributed by atoms with Gasteiger partial charge in [0.15, 0.2) is 0 Å². The Bertz CT molecular complexity index is 403. The fourth-order valence-electron chi connectivity index (χ4n) is 2.09. The number of nitrogens with zero attached hydrogens (tertiary/aromatic N) is 1. The van der Waals surface area contributed by atoms with E-state index >= 15 is 0 Å². The minimum absolute atomic E-state index is 0. The van der Waals surface area contributed by atoms with Crippen LogP contribution in [0.3, 0.4) is 0 Å². The first kappa shape index (κ1) is 16.9. The Hall–Kier alpha value is -0.190. The van der Waals surface area contributed by atoms with E-state index in [9.17, 15) is 0 Å². The lowest BCUT2D eigenvalue weighted by Gasteiger charge is -2.31. The number of hydrogen-bond donors (Lipinski definition) is 1. The Morgan fingerprint density at radius 3 is 2.89 bits per heavy atom. The van der Waals surface area contributed by atoms with Crippen LogP contribution in [0.25, 0.3) is 0 Å². The zero-order valence-electron chi connectivity index (χ0n) is 10.9. The summed E-state index contributed by atoms with van der Waals surface area (Å²) in [6, 6.07) is 5.85. The number of halogens is 3. The van der Waals surface area contributed by atoms with E-state index in [1.54, 1.807) is 12.1 Å². The molecule has 1 aromatic rings. The molecular formula is C13H19Cl3N2O. The van der Waals surface area contributed by atoms with Crippen LogP contribution in [-0.2, 0) is 0 Å². The molecule has 1 aliphatic rings. The van der Waals surface area contributed by atoms with Crippen molar-refractivity contribution < 1.29 is 4.74 Å². The zero-order chi connectivity index (χ0) is 13.0. The highest BCUT2D eigenvalue weighted by Gasteiger charge is 2.15. The van der Waals surface area contributed by atoms with Crippen molar-refractivity contribution >= 4 is 35.6 Å². The van der Waals surface area contributed by atoms with Crippen LogP contribution in [0.4, 0.5) is 0 Å². The first-order chi connectivity index (χ1) is 8.65. The molecule has 1 heterocycles. The Morgan fingerprint density at radius 1 is 1.42 bits per heavy atom. The van der Waals surface area contributed by atoms with Gasteiger partial charge in [0, 0.05) is 37.2 Å². The second-order valence-electron chi connectivity index (χ2n) is 4.58. The Labute approximate surface area is 130 Å². The smallest absolute Gasteiger partial charge is 0.138 e. The molecule has 1 atom stereocenters. The van der Waals surface area contributed by atoms with E-state index in [4.69, 9.17) is 27.9 Å². The summed E-state index contributed by atoms with van der Waals surface area (Å²) in [5.41, 5.74) is 0. The quantitative estimate of drug-likeness (QED) is 0.920. The predicted octanol–water partition coefficient (Wildman–Crippen LogP) is 3.09. The molecule has 1 unspecified atom stereocenters. The fourth-order valence-corrected chi connectivity index (χ4v) is 2.56. The Morgan fingerprint density at radius 2 is 2.21 bits per heavy atom. The number of nitrogens with one attached hydrogen (secondary N) is 1. The van der Waals surface area contributed by atoms with E-state index in [1.807, 2.05) is 6.07 Å². The van der Waals surface area contributed by atoms with Gasteiger partial charge in [0.1, 0.15) is 12.4 Å². The standard InChI is InChI=1S/C13H18Cl2N2O.ClH/c1-10-9-17(5-4-16-10)6-7-18-13-3-2-11(14)8-12(13)15;/h2-3,8,10,16H,4-7,9H2,1H3;1H. The summed E-state index contributed by atoms with van der Waals surface area (Å²) in [6.07, 6.45) is 0. The van der Waals surface area contributed by atoms with Crippen LogP contribution in [0, 0.1) is 0 Å². The number of rotatable bonds is 4. The predicted molar refractivity (Wildman–Crippen MR) is 83.1 cm³/mol. The second-order valence-corrected chi connectivity index (χ2v) is 5.42. The highest BCUT2D eigenvalue weighted by molar-refractivity contribution is 6.35. The lowest BCUT2D eigenvalue weighted by molar-refractivity contribution is 0.170. The highest BCUT2D eigenvalue weighted by Crippen LogP contribution is 2.27. The van der Waals surface area contributed by atoms with Gasteiger partial charge in [-0.15, -0.1) is 12.4 Å². The molecule has 0 saturated carbocycles. The largest absolute Gasteiger partial charge is 0.491 e. The van der Waals surface area contributed by atoms with Crippen LogP contribution in [0.5, 0.6) is 5.75 Å². The van der Waals surface area contributed by atoms with Gasteiger partial charge in [0.25, 0.3) is 0 Å². The summed E-state index contributed by atoms with van der Waals surface area (Å²) in [7, 11) is 0. The minimum Gasteiger partial charge on any atom is -0.491 e. The molecule has 0 bridgehead atoms. The van der Waals surface area contributed by atoms with E-state index in [2.05, 4.69) is 17.1 Å². The van der Waals surface area contributed by atoms with Crippen molar-refractivity contribution in [1.29, 1.82) is 0 Å². The van der Waals surface area contributed by atoms with Crippen molar-refractivity contribution in [1.82, 2.24) is 10.2 Å². The second kappa shape index (κ2) is 8.18. The van der Waals surface area contributed by atoms with Gasteiger partial charge in [0.2, 0.25) is 0 Å². The minimum atomic E-state index is 0. The van der Waals surface area contributed by atoms with Gasteiger partial charge in [-0.3, -0.25) is 4.90 Å². The van der Waals surface area contributed by atoms with Crippen LogP contribution < -0.4 is 10.1 Å². The van der Waals surface area contributed by atoms with Gasteiger partial charge in [-0.05, 0) is 25.1 Å². The van der Waals surface area contributed by atoms with Crippen molar-refractivity contribution in [3.05, 3.63) is 28.2 Å². The van der Waals surface area contributed by atoms with Crippen molar-refractivity contribution in [2.24, 2.45) is 0 Å². The summed E-state index contributed by atoms with van der Waals surface area (Å²) >= 11 is 11.9. The van der Waals surface area contributed by atoms with Crippen molar-refractivity contribution in [3.8, 4) is 5.75 Å². The number of benzene rings is 1. The van der Waals surface area contributed by atoms with Gasteiger partial charge in [-0.2, -0.15) is 0 Å². The molecule has 0 amide bonds. The van der Waals surface area contributed by atoms with Crippen molar-refractivity contribution in [2.45, 2.75) is 13.0 Å². The molecule has 19 heavy (non-hydrogen) atoms. The summed E-state index contributed by atoms with van der Waals surface area (Å²) in [4.78, 5) is 2.39. The van der Waals surface area contributed by atoms with Gasteiger partial charge in [0.05, 0.1) is 5.02 Å². The van der Waals surface area contributed by atoms with E-state index < -0.39 is 0 Å². The first-order valence-electron chi connectivity index (χ1n) is 6.19. The summed E-state index contributed by atoms with van der Waals surface area (Å²) in [6.45, 7) is 6.95. The van der Waals surface area contributed by atoms with E-state index in [0.29, 0.717) is 28.4 Å². The third-order valence-corrected chi connectivity index (χ3v) is 3.54. The molecular weight excluding hydrogens is 307 g/mol. The summed E-state index contributed by atoms with van der Waals surface area (Å²) in [5, 5.41) is 4.61. The third-order valence-electron chi connectivity index (χ3n) is 3.01. The lowest BCUT2D eigenvalue weighted by Crippen LogP contribution is -2.50. The molecule has 1 aromatic carbocycles. The highest BCUT2D eigenvalue weighted by atomic mass is 35.5. The van der Waals surface area contributed by atoms with Crippen LogP contribution in [0.2, 0.25) is 10.0 Å². The van der Waals surface area contributed by atoms with Crippen molar-refractivity contribution in [2.75, 3.05) is 32.8 Å². The number of hydrogen-bond acceptors (Lipinski definition) is 3. The average molecular weight is 326 g/mol. The fraction of sp³-hybridized carbons (Fsp3) is 0.538. The normalized spacial score (nSPS) is 19.8. The van der Waals surface area contributed by atoms with E-state index in [1.165, 1.54) is 0 Å². The molecule has 0 aliphatic carbocycles. The molecule has 108 valence electrons. The molecule has 1 N–H and O–H groups in total. The van der Waals surface area contributed by atoms with Gasteiger partial charge in [-0.25, -0.2) is 0 Å². The topological polar surface area (TPSA) is 24.5 Å². The van der Waals surface area contributed by atoms with Gasteiger partial charge >= 0.3 is 0 Å². The molecule has 3 nitrogen and oxygen atoms in total. The van der Waals surface area contributed by atoms with E-state index in [-0.39, 0.29) is 12.4 Å². The first-order valence-corrected chi connectivity index (χ1v) is 6.94. The Balaban J connectivity index is 0.00000180. The lowest BCUT2D eigenvalue weighted by atomic mass is 10.2. The molecule has 2 rings (SSSR count). The monoisotopic (exact) mass is 324 g/mol. The number of piperazine rings is 1. The van der Waals surface area contributed by atoms with E-state index in [0.717, 1.165) is 26.2 Å². The maximum atomic E-state index is 6.04. The van der Waals surface area contributed by atoms with Crippen LogP contribution in [0.15, 0.2) is 18.2 Å². The summed E-state index contributed by atoms with van der Waals surface area (Å²) < 4.78 is 5.68. The zero-order valence-corrected chi connectivity index (χ0v) is 13.2. The molecule has 0 radical (unpaired) electrons. The SMILES string of the molecule is CC1CN(CCOc2ccc(Cl)cc2Cl)CCN1.Cl.